The van der Waals surface area contributed by atoms with Crippen LogP contribution in [0.3, 0.4) is 0 Å². The van der Waals surface area contributed by atoms with Crippen LogP contribution in [0.15, 0.2) is 36.5 Å². The average molecular weight is 346 g/mol. The van der Waals surface area contributed by atoms with Crippen LogP contribution < -0.4 is 0 Å². The molecule has 136 valence electrons. The zero-order valence-corrected chi connectivity index (χ0v) is 14.1. The maximum absolute atomic E-state index is 11.1. The molecule has 0 radical (unpaired) electrons. The highest BCUT2D eigenvalue weighted by molar-refractivity contribution is 5.68. The van der Waals surface area contributed by atoms with Crippen molar-refractivity contribution in [1.29, 1.82) is 0 Å². The van der Waals surface area contributed by atoms with Crippen LogP contribution in [0.2, 0.25) is 0 Å². The molecule has 0 bridgehead atoms. The third kappa shape index (κ3) is 11.2. The summed E-state index contributed by atoms with van der Waals surface area (Å²) in [5.74, 6) is -0.226. The molecule has 0 aromatic heterocycles. The van der Waals surface area contributed by atoms with Gasteiger partial charge in [-0.05, 0) is 44.8 Å². The van der Waals surface area contributed by atoms with Crippen LogP contribution in [0, 0.1) is 0 Å². The maximum Gasteiger partial charge on any atom is 0.305 e. The van der Waals surface area contributed by atoms with E-state index in [1.54, 1.807) is 6.08 Å². The van der Waals surface area contributed by atoms with E-state index < -0.39 is 32.3 Å². The molecule has 24 heavy (non-hydrogen) atoms. The minimum atomic E-state index is -3.63. The second-order valence-electron chi connectivity index (χ2n) is 5.25. The predicted octanol–water partition coefficient (Wildman–Crippen LogP) is 5.52. The molecule has 1 aliphatic rings. The molecule has 0 spiro atoms. The third-order valence-electron chi connectivity index (χ3n) is 3.43. The molecule has 1 saturated heterocycles. The van der Waals surface area contributed by atoms with Crippen LogP contribution in [-0.2, 0) is 14.3 Å². The lowest BCUT2D eigenvalue weighted by Gasteiger charge is -1.96. The van der Waals surface area contributed by atoms with Crippen molar-refractivity contribution in [3.63, 3.8) is 0 Å². The van der Waals surface area contributed by atoms with Crippen molar-refractivity contribution in [3.05, 3.63) is 36.5 Å². The summed E-state index contributed by atoms with van der Waals surface area (Å²) in [6.07, 6.45) is -0.254. The molecule has 1 heterocycles. The van der Waals surface area contributed by atoms with Gasteiger partial charge in [-0.2, -0.15) is 0 Å². The van der Waals surface area contributed by atoms with Crippen LogP contribution >= 0.6 is 0 Å². The first-order chi connectivity index (χ1) is 15.9. The van der Waals surface area contributed by atoms with Crippen molar-refractivity contribution in [2.24, 2.45) is 0 Å². The summed E-state index contributed by atoms with van der Waals surface area (Å²) in [5, 5.41) is 0. The first kappa shape index (κ1) is 9.38. The molecule has 0 aliphatic carbocycles. The van der Waals surface area contributed by atoms with Crippen LogP contribution in [-0.4, -0.2) is 25.3 Å². The van der Waals surface area contributed by atoms with Crippen molar-refractivity contribution < 1.29 is 29.3 Å². The summed E-state index contributed by atoms with van der Waals surface area (Å²) < 4.78 is 94.1. The Morgan fingerprint density at radius 2 is 1.88 bits per heavy atom. The average Bonchev–Trinajstić information content (AvgIpc) is 3.49. The Hall–Kier alpha value is -1.35. The molecular weight excluding hydrogens is 300 g/mol. The normalized spacial score (nSPS) is 30.1. The fraction of sp³-hybridized carbons (Fsp3) is 0.667. The van der Waals surface area contributed by atoms with Gasteiger partial charge in [-0.3, -0.25) is 4.79 Å². The molecule has 0 unspecified atom stereocenters. The van der Waals surface area contributed by atoms with Gasteiger partial charge in [0.05, 0.1) is 19.3 Å². The maximum atomic E-state index is 11.1. The summed E-state index contributed by atoms with van der Waals surface area (Å²) >= 11 is 0. The van der Waals surface area contributed by atoms with Crippen molar-refractivity contribution in [2.75, 3.05) is 7.11 Å². The number of hydrogen-bond acceptors (Lipinski definition) is 3. The highest BCUT2D eigenvalue weighted by atomic mass is 16.6. The fourth-order valence-electron chi connectivity index (χ4n) is 2.10. The zero-order chi connectivity index (χ0) is 27.1. The first-order valence-corrected chi connectivity index (χ1v) is 8.12. The number of esters is 1. The molecule has 2 atom stereocenters. The monoisotopic (exact) mass is 345 g/mol. The minimum absolute atomic E-state index is 0.158. The van der Waals surface area contributed by atoms with Gasteiger partial charge in [0, 0.05) is 21.5 Å². The number of allylic oxidation sites excluding steroid dienone is 5. The van der Waals surface area contributed by atoms with Crippen LogP contribution in [0.4, 0.5) is 0 Å². The number of carbonyl (C=O) groups is 1. The van der Waals surface area contributed by atoms with Crippen LogP contribution in [0.1, 0.15) is 85.9 Å². The molecule has 0 N–H and O–H groups in total. The van der Waals surface area contributed by atoms with Crippen LogP contribution in [0.5, 0.6) is 0 Å². The van der Waals surface area contributed by atoms with Gasteiger partial charge in [-0.25, -0.2) is 0 Å². The van der Waals surface area contributed by atoms with Crippen molar-refractivity contribution in [1.82, 2.24) is 0 Å². The molecule has 1 rings (SSSR count). The van der Waals surface area contributed by atoms with Crippen molar-refractivity contribution in [3.8, 4) is 0 Å². The van der Waals surface area contributed by atoms with Gasteiger partial charge in [-0.1, -0.05) is 56.1 Å². The van der Waals surface area contributed by atoms with E-state index in [1.165, 1.54) is 13.2 Å². The molecule has 0 amide bonds. The van der Waals surface area contributed by atoms with Gasteiger partial charge < -0.3 is 9.47 Å². The van der Waals surface area contributed by atoms with Gasteiger partial charge in [0.2, 0.25) is 0 Å². The molecule has 3 nitrogen and oxygen atoms in total. The van der Waals surface area contributed by atoms with E-state index in [4.69, 9.17) is 19.8 Å². The van der Waals surface area contributed by atoms with Crippen molar-refractivity contribution >= 4 is 5.97 Å². The SMILES string of the molecule is [2H]C([2H])([2H])C([2H])([2H])C([2H])([2H])C([2H])([2H])C([2H])([2H])/C=C\C/C=C\C/C=C\C[C@H]1O[C@H]1CCCC(=O)OC. The molecule has 0 aromatic rings. The van der Waals surface area contributed by atoms with E-state index in [2.05, 4.69) is 4.74 Å². The van der Waals surface area contributed by atoms with Crippen molar-refractivity contribution in [2.45, 2.75) is 83.1 Å². The lowest BCUT2D eigenvalue weighted by molar-refractivity contribution is -0.140. The standard InChI is InChI=1S/C21H34O3/c1-3-4-5-6-7-8-9-10-11-12-13-14-16-19-20(24-19)17-15-18-21(22)23-2/h7-8,10-11,13-14,19-20H,3-6,9,12,15-18H2,1-2H3/b8-7-,11-10-,14-13-/t19-,20+/m1/s1/i1D3,3D2,4D2,5D2,6D2. The predicted molar refractivity (Wildman–Crippen MR) is 99.9 cm³/mol. The molecule has 0 aromatic carbocycles. The van der Waals surface area contributed by atoms with E-state index in [1.807, 2.05) is 18.2 Å². The first-order valence-electron chi connectivity index (χ1n) is 13.6. The Morgan fingerprint density at radius 1 is 1.12 bits per heavy atom. The molecule has 1 aliphatic heterocycles. The van der Waals surface area contributed by atoms with E-state index in [9.17, 15) is 4.79 Å². The Bertz CT molecular complexity index is 786. The second-order valence-corrected chi connectivity index (χ2v) is 5.25. The number of ether oxygens (including phenoxy) is 2. The number of carbonyl (C=O) groups excluding carboxylic acids is 1. The number of rotatable bonds is 14. The number of epoxide rings is 1. The van der Waals surface area contributed by atoms with E-state index in [0.29, 0.717) is 12.8 Å². The number of methoxy groups -OCH3 is 1. The fourth-order valence-corrected chi connectivity index (χ4v) is 2.10. The van der Waals surface area contributed by atoms with E-state index in [0.717, 1.165) is 25.3 Å². The minimum Gasteiger partial charge on any atom is -0.469 e. The van der Waals surface area contributed by atoms with Gasteiger partial charge in [0.25, 0.3) is 0 Å². The van der Waals surface area contributed by atoms with E-state index in [-0.39, 0.29) is 24.6 Å². The topological polar surface area (TPSA) is 38.8 Å². The van der Waals surface area contributed by atoms with Gasteiger partial charge >= 0.3 is 5.97 Å². The Kier molecular flexibility index (Phi) is 5.48. The lowest BCUT2D eigenvalue weighted by atomic mass is 10.1. The largest absolute Gasteiger partial charge is 0.469 e. The Labute approximate surface area is 163 Å². The number of hydrogen-bond donors (Lipinski definition) is 0. The van der Waals surface area contributed by atoms with Gasteiger partial charge in [-0.15, -0.1) is 0 Å². The third-order valence-corrected chi connectivity index (χ3v) is 3.43. The quantitative estimate of drug-likeness (QED) is 0.236. The summed E-state index contributed by atoms with van der Waals surface area (Å²) in [6.45, 7) is -3.48. The Balaban J connectivity index is 2.46. The lowest BCUT2D eigenvalue weighted by Crippen LogP contribution is -2.01. The summed E-state index contributed by atoms with van der Waals surface area (Å²) in [7, 11) is 1.36. The second kappa shape index (κ2) is 14.0. The van der Waals surface area contributed by atoms with E-state index >= 15 is 0 Å². The summed E-state index contributed by atoms with van der Waals surface area (Å²) in [6, 6.07) is 0. The molecular formula is C21H34O3. The van der Waals surface area contributed by atoms with Gasteiger partial charge in [0.1, 0.15) is 0 Å². The smallest absolute Gasteiger partial charge is 0.305 e. The molecule has 1 fully saturated rings. The zero-order valence-electron chi connectivity index (χ0n) is 25.1. The highest BCUT2D eigenvalue weighted by Crippen LogP contribution is 2.30. The summed E-state index contributed by atoms with van der Waals surface area (Å²) in [4.78, 5) is 11.1. The summed E-state index contributed by atoms with van der Waals surface area (Å²) in [5.41, 5.74) is 0. The Morgan fingerprint density at radius 3 is 2.62 bits per heavy atom. The highest BCUT2D eigenvalue weighted by Gasteiger charge is 2.36. The van der Waals surface area contributed by atoms with Gasteiger partial charge in [0.15, 0.2) is 0 Å². The molecule has 3 heteroatoms. The van der Waals surface area contributed by atoms with Crippen LogP contribution in [0.25, 0.3) is 0 Å². The molecule has 0 saturated carbocycles.